The molecule has 0 heterocycles. The Morgan fingerprint density at radius 1 is 1.26 bits per heavy atom. The van der Waals surface area contributed by atoms with E-state index in [1.54, 1.807) is 38.3 Å². The van der Waals surface area contributed by atoms with Crippen molar-refractivity contribution in [3.05, 3.63) is 64.4 Å². The largest absolute Gasteiger partial charge is 0.497 e. The van der Waals surface area contributed by atoms with E-state index in [0.717, 1.165) is 6.07 Å². The normalized spacial score (nSPS) is 13.3. The number of nitrogens with one attached hydrogen (secondary N) is 1. The fourth-order valence-corrected chi connectivity index (χ4v) is 2.29. The number of amides is 1. The molecule has 0 saturated carbocycles. The maximum Gasteiger partial charge on any atom is 0.254 e. The smallest absolute Gasteiger partial charge is 0.254 e. The monoisotopic (exact) mass is 337 g/mol. The van der Waals surface area contributed by atoms with E-state index in [1.807, 2.05) is 0 Å². The van der Waals surface area contributed by atoms with E-state index in [-0.39, 0.29) is 10.6 Å². The number of aliphatic hydroxyl groups is 1. The maximum atomic E-state index is 13.7. The molecular weight excluding hydrogens is 321 g/mol. The van der Waals surface area contributed by atoms with Crippen LogP contribution in [0.5, 0.6) is 5.75 Å². The number of aliphatic hydroxyl groups excluding tert-OH is 1. The molecule has 4 nitrogen and oxygen atoms in total. The molecule has 122 valence electrons. The highest BCUT2D eigenvalue weighted by Crippen LogP contribution is 2.21. The Morgan fingerprint density at radius 3 is 2.48 bits per heavy atom. The Morgan fingerprint density at radius 2 is 1.91 bits per heavy atom. The van der Waals surface area contributed by atoms with Crippen molar-refractivity contribution in [3.8, 4) is 5.75 Å². The van der Waals surface area contributed by atoms with Gasteiger partial charge in [-0.05, 0) is 42.8 Å². The lowest BCUT2D eigenvalue weighted by Gasteiger charge is -2.21. The summed E-state index contributed by atoms with van der Waals surface area (Å²) in [6, 6.07) is 10.0. The van der Waals surface area contributed by atoms with Gasteiger partial charge >= 0.3 is 0 Å². The van der Waals surface area contributed by atoms with E-state index in [2.05, 4.69) is 5.32 Å². The molecule has 0 aliphatic carbocycles. The van der Waals surface area contributed by atoms with Crippen molar-refractivity contribution < 1.29 is 19.0 Å². The fraction of sp³-hybridized carbons (Fsp3) is 0.235. The Kier molecular flexibility index (Phi) is 5.58. The molecule has 0 radical (unpaired) electrons. The summed E-state index contributed by atoms with van der Waals surface area (Å²) in [6.45, 7) is 1.64. The van der Waals surface area contributed by atoms with Crippen molar-refractivity contribution in [2.75, 3.05) is 7.11 Å². The van der Waals surface area contributed by atoms with Crippen LogP contribution >= 0.6 is 11.6 Å². The maximum absolute atomic E-state index is 13.7. The van der Waals surface area contributed by atoms with Crippen LogP contribution < -0.4 is 10.1 Å². The van der Waals surface area contributed by atoms with Crippen molar-refractivity contribution in [1.29, 1.82) is 0 Å². The van der Waals surface area contributed by atoms with Gasteiger partial charge in [0.2, 0.25) is 0 Å². The lowest BCUT2D eigenvalue weighted by molar-refractivity contribution is 0.0848. The zero-order valence-corrected chi connectivity index (χ0v) is 13.5. The number of benzene rings is 2. The van der Waals surface area contributed by atoms with Gasteiger partial charge in [-0.25, -0.2) is 4.39 Å². The van der Waals surface area contributed by atoms with Gasteiger partial charge in [-0.3, -0.25) is 4.79 Å². The molecule has 0 bridgehead atoms. The molecule has 2 aromatic carbocycles. The SMILES string of the molecule is COc1ccc(C(O)C(C)NC(=O)c2ccc(Cl)cc2F)cc1. The standard InChI is InChI=1S/C17H17ClFNO3/c1-10(16(21)11-3-6-13(23-2)7-4-11)20-17(22)14-8-5-12(18)9-15(14)19/h3-10,16,21H,1-2H3,(H,20,22). The molecule has 0 aliphatic heterocycles. The summed E-state index contributed by atoms with van der Waals surface area (Å²) >= 11 is 5.66. The Labute approximate surface area is 138 Å². The summed E-state index contributed by atoms with van der Waals surface area (Å²) in [7, 11) is 1.55. The van der Waals surface area contributed by atoms with Gasteiger partial charge in [0.15, 0.2) is 0 Å². The number of carbonyl (C=O) groups excluding carboxylic acids is 1. The fourth-order valence-electron chi connectivity index (χ4n) is 2.13. The number of ether oxygens (including phenoxy) is 1. The third-order valence-electron chi connectivity index (χ3n) is 3.47. The molecule has 0 aliphatic rings. The molecular formula is C17H17ClFNO3. The Hall–Kier alpha value is -2.11. The van der Waals surface area contributed by atoms with Crippen molar-refractivity contribution in [2.24, 2.45) is 0 Å². The minimum atomic E-state index is -0.930. The molecule has 23 heavy (non-hydrogen) atoms. The number of hydrogen-bond acceptors (Lipinski definition) is 3. The van der Waals surface area contributed by atoms with Crippen LogP contribution in [-0.2, 0) is 0 Å². The number of rotatable bonds is 5. The van der Waals surface area contributed by atoms with E-state index in [1.165, 1.54) is 12.1 Å². The topological polar surface area (TPSA) is 58.6 Å². The number of carbonyl (C=O) groups is 1. The van der Waals surface area contributed by atoms with Crippen molar-refractivity contribution in [2.45, 2.75) is 19.1 Å². The second kappa shape index (κ2) is 7.44. The number of halogens is 2. The van der Waals surface area contributed by atoms with Gasteiger partial charge in [-0.15, -0.1) is 0 Å². The number of methoxy groups -OCH3 is 1. The van der Waals surface area contributed by atoms with Crippen molar-refractivity contribution >= 4 is 17.5 Å². The average molecular weight is 338 g/mol. The zero-order chi connectivity index (χ0) is 17.0. The van der Waals surface area contributed by atoms with E-state index < -0.39 is 23.9 Å². The van der Waals surface area contributed by atoms with Crippen molar-refractivity contribution in [1.82, 2.24) is 5.32 Å². The summed E-state index contributed by atoms with van der Waals surface area (Å²) in [5.41, 5.74) is 0.498. The van der Waals surface area contributed by atoms with E-state index in [9.17, 15) is 14.3 Å². The average Bonchev–Trinajstić information content (AvgIpc) is 2.54. The van der Waals surface area contributed by atoms with Crippen LogP contribution in [0.25, 0.3) is 0 Å². The van der Waals surface area contributed by atoms with Gasteiger partial charge in [0, 0.05) is 5.02 Å². The molecule has 0 fully saturated rings. The van der Waals surface area contributed by atoms with Gasteiger partial charge in [0.05, 0.1) is 24.8 Å². The molecule has 2 unspecified atom stereocenters. The summed E-state index contributed by atoms with van der Waals surface area (Å²) in [5, 5.41) is 13.1. The first-order valence-corrected chi connectivity index (χ1v) is 7.38. The molecule has 2 aromatic rings. The van der Waals surface area contributed by atoms with Crippen LogP contribution in [0, 0.1) is 5.82 Å². The lowest BCUT2D eigenvalue weighted by atomic mass is 10.0. The third kappa shape index (κ3) is 4.21. The van der Waals surface area contributed by atoms with Crippen LogP contribution in [-0.4, -0.2) is 24.2 Å². The Balaban J connectivity index is 2.07. The molecule has 2 rings (SSSR count). The lowest BCUT2D eigenvalue weighted by Crippen LogP contribution is -2.37. The zero-order valence-electron chi connectivity index (χ0n) is 12.7. The van der Waals surface area contributed by atoms with Crippen LogP contribution in [0.15, 0.2) is 42.5 Å². The molecule has 0 saturated heterocycles. The van der Waals surface area contributed by atoms with Gasteiger partial charge in [0.1, 0.15) is 11.6 Å². The molecule has 2 atom stereocenters. The van der Waals surface area contributed by atoms with Crippen LogP contribution in [0.3, 0.4) is 0 Å². The molecule has 2 N–H and O–H groups in total. The quantitative estimate of drug-likeness (QED) is 0.879. The van der Waals surface area contributed by atoms with Gasteiger partial charge < -0.3 is 15.2 Å². The third-order valence-corrected chi connectivity index (χ3v) is 3.70. The van der Waals surface area contributed by atoms with Crippen LogP contribution in [0.2, 0.25) is 5.02 Å². The summed E-state index contributed by atoms with van der Waals surface area (Å²) < 4.78 is 18.8. The predicted octanol–water partition coefficient (Wildman–Crippen LogP) is 3.34. The minimum Gasteiger partial charge on any atom is -0.497 e. The van der Waals surface area contributed by atoms with E-state index in [0.29, 0.717) is 11.3 Å². The minimum absolute atomic E-state index is 0.122. The molecule has 6 heteroatoms. The summed E-state index contributed by atoms with van der Waals surface area (Å²) in [5.74, 6) is -0.652. The second-order valence-electron chi connectivity index (χ2n) is 5.10. The van der Waals surface area contributed by atoms with E-state index >= 15 is 0 Å². The summed E-state index contributed by atoms with van der Waals surface area (Å²) in [6.07, 6.45) is -0.930. The number of hydrogen-bond donors (Lipinski definition) is 2. The van der Waals surface area contributed by atoms with Crippen LogP contribution in [0.1, 0.15) is 28.9 Å². The molecule has 0 spiro atoms. The van der Waals surface area contributed by atoms with E-state index in [4.69, 9.17) is 16.3 Å². The first-order valence-electron chi connectivity index (χ1n) is 7.00. The highest BCUT2D eigenvalue weighted by Gasteiger charge is 2.21. The Bertz CT molecular complexity index is 691. The van der Waals surface area contributed by atoms with Gasteiger partial charge in [0.25, 0.3) is 5.91 Å². The molecule has 0 aromatic heterocycles. The first-order chi connectivity index (χ1) is 10.9. The first kappa shape index (κ1) is 17.2. The van der Waals surface area contributed by atoms with Gasteiger partial charge in [-0.2, -0.15) is 0 Å². The summed E-state index contributed by atoms with van der Waals surface area (Å²) in [4.78, 5) is 12.1. The molecule has 1 amide bonds. The van der Waals surface area contributed by atoms with Crippen molar-refractivity contribution in [3.63, 3.8) is 0 Å². The second-order valence-corrected chi connectivity index (χ2v) is 5.54. The van der Waals surface area contributed by atoms with Gasteiger partial charge in [-0.1, -0.05) is 23.7 Å². The van der Waals surface area contributed by atoms with Crippen LogP contribution in [0.4, 0.5) is 4.39 Å². The highest BCUT2D eigenvalue weighted by atomic mass is 35.5. The predicted molar refractivity (Wildman–Crippen MR) is 86.3 cm³/mol. The highest BCUT2D eigenvalue weighted by molar-refractivity contribution is 6.30.